The van der Waals surface area contributed by atoms with Crippen LogP contribution in [0.25, 0.3) is 5.76 Å². The summed E-state index contributed by atoms with van der Waals surface area (Å²) in [6, 6.07) is 15.3. The standard InChI is InChI=1S/C25H21NO7/c1-31-18-11-9-16(10-12-18)22(27)20-21(15-5-7-17(8-6-15)25(30)32-2)26(24(29)23(20)28)14-19-4-3-13-33-19/h3-13,21,27H,14H2,1-2H3/b22-20+. The molecule has 1 saturated heterocycles. The molecule has 3 aromatic rings. The van der Waals surface area contributed by atoms with Crippen molar-refractivity contribution in [1.82, 2.24) is 4.90 Å². The molecule has 168 valence electrons. The Labute approximate surface area is 189 Å². The number of hydrogen-bond acceptors (Lipinski definition) is 7. The van der Waals surface area contributed by atoms with Crippen molar-refractivity contribution in [3.05, 3.63) is 95.0 Å². The van der Waals surface area contributed by atoms with Crippen molar-refractivity contribution in [2.75, 3.05) is 14.2 Å². The van der Waals surface area contributed by atoms with Crippen LogP contribution >= 0.6 is 0 Å². The molecule has 1 atom stereocenters. The molecule has 8 nitrogen and oxygen atoms in total. The molecule has 0 radical (unpaired) electrons. The average molecular weight is 447 g/mol. The molecular weight excluding hydrogens is 426 g/mol. The second-order valence-corrected chi connectivity index (χ2v) is 7.35. The lowest BCUT2D eigenvalue weighted by Crippen LogP contribution is -2.29. The first-order chi connectivity index (χ1) is 15.9. The van der Waals surface area contributed by atoms with Gasteiger partial charge in [-0.25, -0.2) is 4.79 Å². The second-order valence-electron chi connectivity index (χ2n) is 7.35. The fraction of sp³-hybridized carbons (Fsp3) is 0.160. The number of aliphatic hydroxyl groups is 1. The summed E-state index contributed by atoms with van der Waals surface area (Å²) in [5.74, 6) is -1.32. The zero-order valence-corrected chi connectivity index (χ0v) is 18.0. The monoisotopic (exact) mass is 447 g/mol. The highest BCUT2D eigenvalue weighted by molar-refractivity contribution is 6.46. The molecule has 0 aliphatic carbocycles. The zero-order valence-electron chi connectivity index (χ0n) is 18.0. The van der Waals surface area contributed by atoms with Gasteiger partial charge in [-0.05, 0) is 54.1 Å². The number of likely N-dealkylation sites (tertiary alicyclic amines) is 1. The van der Waals surface area contributed by atoms with Gasteiger partial charge in [0.05, 0.1) is 44.2 Å². The summed E-state index contributed by atoms with van der Waals surface area (Å²) in [6.07, 6.45) is 1.48. The van der Waals surface area contributed by atoms with Gasteiger partial charge in [0.1, 0.15) is 17.3 Å². The predicted molar refractivity (Wildman–Crippen MR) is 117 cm³/mol. The molecule has 33 heavy (non-hydrogen) atoms. The molecule has 2 heterocycles. The number of benzene rings is 2. The smallest absolute Gasteiger partial charge is 0.337 e. The third-order valence-corrected chi connectivity index (χ3v) is 5.46. The lowest BCUT2D eigenvalue weighted by molar-refractivity contribution is -0.140. The summed E-state index contributed by atoms with van der Waals surface area (Å²) in [5.41, 5.74) is 1.17. The summed E-state index contributed by atoms with van der Waals surface area (Å²) >= 11 is 0. The van der Waals surface area contributed by atoms with Gasteiger partial charge < -0.3 is 23.9 Å². The maximum atomic E-state index is 13.0. The minimum absolute atomic E-state index is 0.0282. The Morgan fingerprint density at radius 3 is 2.24 bits per heavy atom. The molecule has 0 bridgehead atoms. The molecule has 1 unspecified atom stereocenters. The number of hydrogen-bond donors (Lipinski definition) is 1. The number of furan rings is 1. The third kappa shape index (κ3) is 4.10. The Hall–Kier alpha value is -4.33. The Kier molecular flexibility index (Phi) is 5.99. The van der Waals surface area contributed by atoms with Crippen LogP contribution < -0.4 is 4.74 Å². The second kappa shape index (κ2) is 9.04. The third-order valence-electron chi connectivity index (χ3n) is 5.46. The molecule has 2 aromatic carbocycles. The highest BCUT2D eigenvalue weighted by atomic mass is 16.5. The van der Waals surface area contributed by atoms with E-state index in [1.54, 1.807) is 60.7 Å². The molecule has 1 aromatic heterocycles. The van der Waals surface area contributed by atoms with Gasteiger partial charge >= 0.3 is 5.97 Å². The van der Waals surface area contributed by atoms with E-state index in [2.05, 4.69) is 0 Å². The lowest BCUT2D eigenvalue weighted by Gasteiger charge is -2.24. The van der Waals surface area contributed by atoms with Crippen LogP contribution in [0.1, 0.15) is 33.3 Å². The van der Waals surface area contributed by atoms with E-state index in [4.69, 9.17) is 13.9 Å². The van der Waals surface area contributed by atoms with Crippen molar-refractivity contribution in [2.24, 2.45) is 0 Å². The van der Waals surface area contributed by atoms with Crippen molar-refractivity contribution in [1.29, 1.82) is 0 Å². The van der Waals surface area contributed by atoms with Gasteiger partial charge in [-0.15, -0.1) is 0 Å². The van der Waals surface area contributed by atoms with Crippen LogP contribution in [0.5, 0.6) is 5.75 Å². The maximum Gasteiger partial charge on any atom is 0.337 e. The summed E-state index contributed by atoms with van der Waals surface area (Å²) < 4.78 is 15.3. The number of esters is 1. The number of ether oxygens (including phenoxy) is 2. The van der Waals surface area contributed by atoms with Gasteiger partial charge in [0, 0.05) is 5.56 Å². The number of carbonyl (C=O) groups excluding carboxylic acids is 3. The topological polar surface area (TPSA) is 106 Å². The highest BCUT2D eigenvalue weighted by Gasteiger charge is 2.46. The highest BCUT2D eigenvalue weighted by Crippen LogP contribution is 2.40. The number of ketones is 1. The summed E-state index contributed by atoms with van der Waals surface area (Å²) in [6.45, 7) is 0.0282. The first-order valence-electron chi connectivity index (χ1n) is 10.1. The number of Topliss-reactive ketones (excluding diaryl/α,β-unsaturated/α-hetero) is 1. The van der Waals surface area contributed by atoms with Crippen molar-refractivity contribution in [3.63, 3.8) is 0 Å². The lowest BCUT2D eigenvalue weighted by atomic mass is 9.94. The Bertz CT molecular complexity index is 1210. The quantitative estimate of drug-likeness (QED) is 0.266. The first kappa shape index (κ1) is 21.9. The summed E-state index contributed by atoms with van der Waals surface area (Å²) in [7, 11) is 2.80. The van der Waals surface area contributed by atoms with Crippen LogP contribution in [-0.4, -0.2) is 41.9 Å². The SMILES string of the molecule is COC(=O)c1ccc(C2/C(=C(\O)c3ccc(OC)cc3)C(=O)C(=O)N2Cc2ccco2)cc1. The van der Waals surface area contributed by atoms with E-state index in [1.165, 1.54) is 25.4 Å². The van der Waals surface area contributed by atoms with Crippen LogP contribution in [0.4, 0.5) is 0 Å². The molecule has 1 aliphatic heterocycles. The summed E-state index contributed by atoms with van der Waals surface area (Å²) in [4.78, 5) is 39.2. The van der Waals surface area contributed by atoms with Crippen LogP contribution in [0.3, 0.4) is 0 Å². The van der Waals surface area contributed by atoms with Crippen molar-refractivity contribution < 1.29 is 33.4 Å². The Morgan fingerprint density at radius 2 is 1.67 bits per heavy atom. The number of carbonyl (C=O) groups is 3. The molecule has 8 heteroatoms. The van der Waals surface area contributed by atoms with Gasteiger partial charge in [0.15, 0.2) is 0 Å². The van der Waals surface area contributed by atoms with E-state index in [-0.39, 0.29) is 17.9 Å². The molecule has 0 saturated carbocycles. The van der Waals surface area contributed by atoms with Gasteiger partial charge in [-0.2, -0.15) is 0 Å². The van der Waals surface area contributed by atoms with Gasteiger partial charge in [0.2, 0.25) is 0 Å². The van der Waals surface area contributed by atoms with E-state index in [0.717, 1.165) is 0 Å². The number of aliphatic hydroxyl groups excluding tert-OH is 1. The Morgan fingerprint density at radius 1 is 1.00 bits per heavy atom. The minimum atomic E-state index is -0.885. The fourth-order valence-corrected chi connectivity index (χ4v) is 3.78. The number of rotatable bonds is 6. The van der Waals surface area contributed by atoms with Crippen LogP contribution in [0.15, 0.2) is 76.9 Å². The van der Waals surface area contributed by atoms with Crippen molar-refractivity contribution >= 4 is 23.4 Å². The fourth-order valence-electron chi connectivity index (χ4n) is 3.78. The van der Waals surface area contributed by atoms with Crippen molar-refractivity contribution in [2.45, 2.75) is 12.6 Å². The van der Waals surface area contributed by atoms with E-state index >= 15 is 0 Å². The van der Waals surface area contributed by atoms with Gasteiger partial charge in [-0.3, -0.25) is 9.59 Å². The van der Waals surface area contributed by atoms with Crippen LogP contribution in [0, 0.1) is 0 Å². The van der Waals surface area contributed by atoms with Gasteiger partial charge in [-0.1, -0.05) is 12.1 Å². The molecule has 0 spiro atoms. The summed E-state index contributed by atoms with van der Waals surface area (Å²) in [5, 5.41) is 11.1. The van der Waals surface area contributed by atoms with Crippen LogP contribution in [-0.2, 0) is 20.9 Å². The van der Waals surface area contributed by atoms with Crippen molar-refractivity contribution in [3.8, 4) is 5.75 Å². The molecule has 1 fully saturated rings. The van der Waals surface area contributed by atoms with E-state index in [1.807, 2.05) is 0 Å². The van der Waals surface area contributed by atoms with Gasteiger partial charge in [0.25, 0.3) is 11.7 Å². The molecule has 1 aliphatic rings. The largest absolute Gasteiger partial charge is 0.507 e. The number of amides is 1. The van der Waals surface area contributed by atoms with E-state index < -0.39 is 23.7 Å². The minimum Gasteiger partial charge on any atom is -0.507 e. The average Bonchev–Trinajstić information content (AvgIpc) is 3.45. The van der Waals surface area contributed by atoms with E-state index in [9.17, 15) is 19.5 Å². The molecular formula is C25H21NO7. The Balaban J connectivity index is 1.82. The van der Waals surface area contributed by atoms with E-state index in [0.29, 0.717) is 28.2 Å². The normalized spacial score (nSPS) is 17.3. The first-order valence-corrected chi connectivity index (χ1v) is 10.1. The number of methoxy groups -OCH3 is 2. The maximum absolute atomic E-state index is 13.0. The number of nitrogens with zero attached hydrogens (tertiary/aromatic N) is 1. The van der Waals surface area contributed by atoms with Crippen LogP contribution in [0.2, 0.25) is 0 Å². The molecule has 4 rings (SSSR count). The molecule has 1 N–H and O–H groups in total. The predicted octanol–water partition coefficient (Wildman–Crippen LogP) is 3.70. The zero-order chi connectivity index (χ0) is 23.5. The molecule has 1 amide bonds.